The molecular weight excluding hydrogens is 188 g/mol. The van der Waals surface area contributed by atoms with E-state index in [9.17, 15) is 0 Å². The lowest BCUT2D eigenvalue weighted by atomic mass is 10.0. The Morgan fingerprint density at radius 2 is 2.00 bits per heavy atom. The van der Waals surface area contributed by atoms with E-state index in [1.165, 1.54) is 0 Å². The molecule has 1 aromatic carbocycles. The summed E-state index contributed by atoms with van der Waals surface area (Å²) >= 11 is 0. The molecule has 0 aromatic heterocycles. The van der Waals surface area contributed by atoms with E-state index < -0.39 is 0 Å². The van der Waals surface area contributed by atoms with Gasteiger partial charge < -0.3 is 9.47 Å². The second-order valence-corrected chi connectivity index (χ2v) is 3.40. The van der Waals surface area contributed by atoms with Crippen molar-refractivity contribution in [3.8, 4) is 11.5 Å². The van der Waals surface area contributed by atoms with Crippen molar-refractivity contribution in [1.29, 1.82) is 0 Å². The molecule has 0 aliphatic carbocycles. The molecule has 0 heterocycles. The van der Waals surface area contributed by atoms with E-state index in [2.05, 4.69) is 13.5 Å². The van der Waals surface area contributed by atoms with Gasteiger partial charge in [-0.3, -0.25) is 0 Å². The molecule has 0 radical (unpaired) electrons. The Labute approximate surface area is 91.5 Å². The van der Waals surface area contributed by atoms with Crippen LogP contribution in [0.5, 0.6) is 11.5 Å². The molecule has 0 spiro atoms. The molecule has 0 aliphatic heterocycles. The predicted molar refractivity (Wildman–Crippen MR) is 62.8 cm³/mol. The first-order chi connectivity index (χ1) is 7.21. The highest BCUT2D eigenvalue weighted by Gasteiger charge is 2.06. The Balaban J connectivity index is 3.04. The van der Waals surface area contributed by atoms with E-state index in [4.69, 9.17) is 9.47 Å². The molecular formula is C13H18O2. The third-order valence-electron chi connectivity index (χ3n) is 2.33. The summed E-state index contributed by atoms with van der Waals surface area (Å²) in [7, 11) is 1.66. The monoisotopic (exact) mass is 206 g/mol. The van der Waals surface area contributed by atoms with Gasteiger partial charge in [-0.15, -0.1) is 6.58 Å². The van der Waals surface area contributed by atoms with Gasteiger partial charge in [0.2, 0.25) is 0 Å². The average Bonchev–Trinajstić information content (AvgIpc) is 2.28. The first kappa shape index (κ1) is 11.6. The fraction of sp³-hybridized carbons (Fsp3) is 0.385. The molecule has 0 bridgehead atoms. The molecule has 1 atom stereocenters. The Bertz CT molecular complexity index is 331. The molecule has 1 unspecified atom stereocenters. The third kappa shape index (κ3) is 3.01. The summed E-state index contributed by atoms with van der Waals surface area (Å²) in [5.74, 6) is 1.98. The van der Waals surface area contributed by atoms with Gasteiger partial charge in [0.25, 0.3) is 0 Å². The average molecular weight is 206 g/mol. The van der Waals surface area contributed by atoms with E-state index >= 15 is 0 Å². The smallest absolute Gasteiger partial charge is 0.123 e. The van der Waals surface area contributed by atoms with Gasteiger partial charge in [0.1, 0.15) is 11.5 Å². The normalized spacial score (nSPS) is 11.9. The van der Waals surface area contributed by atoms with Crippen LogP contribution in [0.3, 0.4) is 0 Å². The molecule has 0 saturated heterocycles. The second kappa shape index (κ2) is 5.44. The summed E-state index contributed by atoms with van der Waals surface area (Å²) < 4.78 is 10.7. The van der Waals surface area contributed by atoms with E-state index in [-0.39, 0.29) is 0 Å². The highest BCUT2D eigenvalue weighted by molar-refractivity contribution is 5.40. The SMILES string of the molecule is C=CC(C)c1cc(OC)cc(OCC)c1. The van der Waals surface area contributed by atoms with Gasteiger partial charge >= 0.3 is 0 Å². The molecule has 0 N–H and O–H groups in total. The molecule has 0 aliphatic rings. The maximum absolute atomic E-state index is 5.47. The van der Waals surface area contributed by atoms with Crippen LogP contribution >= 0.6 is 0 Å². The molecule has 0 saturated carbocycles. The lowest BCUT2D eigenvalue weighted by Gasteiger charge is -2.12. The van der Waals surface area contributed by atoms with E-state index in [1.54, 1.807) is 7.11 Å². The van der Waals surface area contributed by atoms with Crippen LogP contribution in [0.4, 0.5) is 0 Å². The van der Waals surface area contributed by atoms with Crippen LogP contribution < -0.4 is 9.47 Å². The molecule has 0 amide bonds. The maximum Gasteiger partial charge on any atom is 0.123 e. The number of methoxy groups -OCH3 is 1. The van der Waals surface area contributed by atoms with Crippen LogP contribution in [-0.2, 0) is 0 Å². The second-order valence-electron chi connectivity index (χ2n) is 3.40. The zero-order chi connectivity index (χ0) is 11.3. The standard InChI is InChI=1S/C13H18O2/c1-5-10(3)11-7-12(14-4)9-13(8-11)15-6-2/h5,7-10H,1,6H2,2-4H3. The van der Waals surface area contributed by atoms with Crippen LogP contribution in [-0.4, -0.2) is 13.7 Å². The zero-order valence-corrected chi connectivity index (χ0v) is 9.62. The number of hydrogen-bond donors (Lipinski definition) is 0. The van der Waals surface area contributed by atoms with Gasteiger partial charge in [-0.2, -0.15) is 0 Å². The van der Waals surface area contributed by atoms with E-state index in [1.807, 2.05) is 31.2 Å². The van der Waals surface area contributed by atoms with Crippen LogP contribution in [0, 0.1) is 0 Å². The minimum Gasteiger partial charge on any atom is -0.497 e. The number of hydrogen-bond acceptors (Lipinski definition) is 2. The summed E-state index contributed by atoms with van der Waals surface area (Å²) in [5.41, 5.74) is 1.16. The predicted octanol–water partition coefficient (Wildman–Crippen LogP) is 3.38. The van der Waals surface area contributed by atoms with Gasteiger partial charge in [-0.25, -0.2) is 0 Å². The Hall–Kier alpha value is -1.44. The highest BCUT2D eigenvalue weighted by atomic mass is 16.5. The van der Waals surface area contributed by atoms with Gasteiger partial charge in [0.05, 0.1) is 13.7 Å². The summed E-state index contributed by atoms with van der Waals surface area (Å²) in [5, 5.41) is 0. The molecule has 2 nitrogen and oxygen atoms in total. The van der Waals surface area contributed by atoms with Crippen molar-refractivity contribution >= 4 is 0 Å². The van der Waals surface area contributed by atoms with Crippen molar-refractivity contribution in [2.75, 3.05) is 13.7 Å². The molecule has 1 rings (SSSR count). The summed E-state index contributed by atoms with van der Waals surface area (Å²) in [6, 6.07) is 5.93. The largest absolute Gasteiger partial charge is 0.497 e. The summed E-state index contributed by atoms with van der Waals surface area (Å²) in [4.78, 5) is 0. The lowest BCUT2D eigenvalue weighted by Crippen LogP contribution is -1.96. The maximum atomic E-state index is 5.47. The Morgan fingerprint density at radius 3 is 2.53 bits per heavy atom. The Kier molecular flexibility index (Phi) is 4.22. The van der Waals surface area contributed by atoms with Crippen LogP contribution in [0.25, 0.3) is 0 Å². The van der Waals surface area contributed by atoms with Gasteiger partial charge in [0.15, 0.2) is 0 Å². The van der Waals surface area contributed by atoms with Crippen molar-refractivity contribution in [2.24, 2.45) is 0 Å². The van der Waals surface area contributed by atoms with Crippen molar-refractivity contribution in [3.63, 3.8) is 0 Å². The van der Waals surface area contributed by atoms with Crippen molar-refractivity contribution in [3.05, 3.63) is 36.4 Å². The van der Waals surface area contributed by atoms with Crippen molar-refractivity contribution in [2.45, 2.75) is 19.8 Å². The van der Waals surface area contributed by atoms with E-state index in [0.29, 0.717) is 12.5 Å². The summed E-state index contributed by atoms with van der Waals surface area (Å²) in [6.07, 6.45) is 1.91. The van der Waals surface area contributed by atoms with Gasteiger partial charge in [-0.1, -0.05) is 13.0 Å². The molecule has 2 heteroatoms. The van der Waals surface area contributed by atoms with Crippen LogP contribution in [0.15, 0.2) is 30.9 Å². The van der Waals surface area contributed by atoms with Crippen molar-refractivity contribution < 1.29 is 9.47 Å². The minimum absolute atomic E-state index is 0.305. The third-order valence-corrected chi connectivity index (χ3v) is 2.33. The fourth-order valence-corrected chi connectivity index (χ4v) is 1.36. The number of rotatable bonds is 5. The molecule has 15 heavy (non-hydrogen) atoms. The highest BCUT2D eigenvalue weighted by Crippen LogP contribution is 2.27. The summed E-state index contributed by atoms with van der Waals surface area (Å²) in [6.45, 7) is 8.51. The Morgan fingerprint density at radius 1 is 1.33 bits per heavy atom. The first-order valence-electron chi connectivity index (χ1n) is 5.15. The minimum atomic E-state index is 0.305. The first-order valence-corrected chi connectivity index (χ1v) is 5.15. The zero-order valence-electron chi connectivity index (χ0n) is 9.62. The molecule has 1 aromatic rings. The molecule has 82 valence electrons. The topological polar surface area (TPSA) is 18.5 Å². The van der Waals surface area contributed by atoms with E-state index in [0.717, 1.165) is 17.1 Å². The quantitative estimate of drug-likeness (QED) is 0.687. The van der Waals surface area contributed by atoms with Crippen LogP contribution in [0.2, 0.25) is 0 Å². The number of benzene rings is 1. The number of allylic oxidation sites excluding steroid dienone is 1. The van der Waals surface area contributed by atoms with Gasteiger partial charge in [0, 0.05) is 6.07 Å². The fourth-order valence-electron chi connectivity index (χ4n) is 1.36. The van der Waals surface area contributed by atoms with Crippen LogP contribution in [0.1, 0.15) is 25.3 Å². The van der Waals surface area contributed by atoms with Crippen molar-refractivity contribution in [1.82, 2.24) is 0 Å². The lowest BCUT2D eigenvalue weighted by molar-refractivity contribution is 0.335. The molecule has 0 fully saturated rings. The van der Waals surface area contributed by atoms with Gasteiger partial charge in [-0.05, 0) is 30.5 Å². The number of ether oxygens (including phenoxy) is 2.